The van der Waals surface area contributed by atoms with Crippen molar-refractivity contribution in [3.05, 3.63) is 23.7 Å². The minimum atomic E-state index is -2.04. The Morgan fingerprint density at radius 2 is 1.35 bits per heavy atom. The topological polar surface area (TPSA) is 47.9 Å². The molecule has 1 aliphatic rings. The van der Waals surface area contributed by atoms with E-state index in [2.05, 4.69) is 53.7 Å². The van der Waals surface area contributed by atoms with Gasteiger partial charge in [0.15, 0.2) is 8.32 Å². The summed E-state index contributed by atoms with van der Waals surface area (Å²) in [7, 11) is 1.35. The highest BCUT2D eigenvalue weighted by Gasteiger charge is 2.50. The first kappa shape index (κ1) is 23.3. The lowest BCUT2D eigenvalue weighted by Crippen LogP contribution is -2.51. The molecular weight excluding hydrogens is 344 g/mol. The number of allylic oxidation sites excluding steroid dienone is 2. The molecule has 0 fully saturated rings. The van der Waals surface area contributed by atoms with E-state index in [-0.39, 0.29) is 0 Å². The number of hydrogen-bond acceptors (Lipinski definition) is 4. The van der Waals surface area contributed by atoms with Gasteiger partial charge in [-0.2, -0.15) is 0 Å². The Bertz CT molecular complexity index is 464. The van der Waals surface area contributed by atoms with E-state index in [4.69, 9.17) is 13.9 Å². The van der Waals surface area contributed by atoms with Crippen molar-refractivity contribution in [1.29, 1.82) is 0 Å². The van der Waals surface area contributed by atoms with Crippen molar-refractivity contribution in [2.45, 2.75) is 84.0 Å². The van der Waals surface area contributed by atoms with Crippen molar-refractivity contribution in [2.24, 2.45) is 5.41 Å². The fraction of sp³-hybridized carbons (Fsp3) is 0.810. The van der Waals surface area contributed by atoms with Crippen molar-refractivity contribution < 1.29 is 19.0 Å². The summed E-state index contributed by atoms with van der Waals surface area (Å²) < 4.78 is 18.4. The molecule has 0 amide bonds. The monoisotopic (exact) mass is 384 g/mol. The lowest BCUT2D eigenvalue weighted by atomic mass is 9.76. The van der Waals surface area contributed by atoms with Crippen LogP contribution in [0.3, 0.4) is 0 Å². The van der Waals surface area contributed by atoms with Crippen LogP contribution < -0.4 is 0 Å². The highest BCUT2D eigenvalue weighted by Crippen LogP contribution is 2.48. The summed E-state index contributed by atoms with van der Waals surface area (Å²) in [6, 6.07) is 0. The molecule has 0 aromatic heterocycles. The Labute approximate surface area is 161 Å². The van der Waals surface area contributed by atoms with E-state index in [1.54, 1.807) is 14.2 Å². The molecule has 4 nitrogen and oxygen atoms in total. The maximum atomic E-state index is 10.2. The molecule has 1 atom stereocenters. The number of aliphatic hydroxyl groups excluding tert-OH is 1. The third-order valence-corrected chi connectivity index (χ3v) is 12.0. The van der Waals surface area contributed by atoms with Crippen LogP contribution in [0, 0.1) is 5.41 Å². The van der Waals surface area contributed by atoms with Gasteiger partial charge in [-0.1, -0.05) is 41.5 Å². The van der Waals surface area contributed by atoms with Crippen LogP contribution in [0.5, 0.6) is 0 Å². The van der Waals surface area contributed by atoms with Gasteiger partial charge >= 0.3 is 0 Å². The normalized spacial score (nSPS) is 18.8. The number of methoxy groups -OCH3 is 2. The number of aliphatic hydroxyl groups is 1. The van der Waals surface area contributed by atoms with Gasteiger partial charge in [-0.3, -0.25) is 0 Å². The lowest BCUT2D eigenvalue weighted by Gasteiger charge is -2.46. The maximum absolute atomic E-state index is 10.2. The molecule has 1 N–H and O–H groups in total. The number of ether oxygens (including phenoxy) is 2. The second-order valence-electron chi connectivity index (χ2n) is 8.52. The van der Waals surface area contributed by atoms with E-state index >= 15 is 0 Å². The van der Waals surface area contributed by atoms with Crippen LogP contribution in [-0.4, -0.2) is 40.4 Å². The molecule has 26 heavy (non-hydrogen) atoms. The van der Waals surface area contributed by atoms with E-state index in [9.17, 15) is 5.11 Å². The molecule has 0 saturated carbocycles. The SMILES string of the molecule is COC1=CCC=C(OC)C1(CO[Si](C(C)C)(C(C)C)C(C)C)CC(C)O. The molecule has 1 aliphatic carbocycles. The van der Waals surface area contributed by atoms with Gasteiger partial charge in [0.25, 0.3) is 0 Å². The summed E-state index contributed by atoms with van der Waals surface area (Å²) in [5.74, 6) is 1.69. The second-order valence-corrected chi connectivity index (χ2v) is 14.0. The first-order valence-electron chi connectivity index (χ1n) is 9.89. The van der Waals surface area contributed by atoms with Crippen LogP contribution in [0.15, 0.2) is 23.7 Å². The van der Waals surface area contributed by atoms with E-state index in [0.717, 1.165) is 17.9 Å². The van der Waals surface area contributed by atoms with Gasteiger partial charge in [-0.05, 0) is 48.5 Å². The standard InChI is InChI=1S/C21H40O4Si/c1-15(2)26(16(3)4,17(5)6)25-14-21(13-18(7)22)19(23-8)11-10-12-20(21)24-9/h11-12,15-18,22H,10,13-14H2,1-9H3. The highest BCUT2D eigenvalue weighted by atomic mass is 28.4. The summed E-state index contributed by atoms with van der Waals surface area (Å²) in [5, 5.41) is 10.2. The summed E-state index contributed by atoms with van der Waals surface area (Å²) in [6.07, 6.45) is 4.97. The van der Waals surface area contributed by atoms with E-state index < -0.39 is 19.8 Å². The van der Waals surface area contributed by atoms with Gasteiger partial charge in [-0.25, -0.2) is 0 Å². The Kier molecular flexibility index (Phi) is 8.43. The van der Waals surface area contributed by atoms with Gasteiger partial charge in [0.2, 0.25) is 0 Å². The number of hydrogen-bond donors (Lipinski definition) is 1. The second kappa shape index (κ2) is 9.42. The van der Waals surface area contributed by atoms with Crippen molar-refractivity contribution in [2.75, 3.05) is 20.8 Å². The molecule has 0 spiro atoms. The minimum absolute atomic E-state index is 0.484. The van der Waals surface area contributed by atoms with Crippen LogP contribution in [0.4, 0.5) is 0 Å². The third-order valence-electron chi connectivity index (χ3n) is 5.91. The van der Waals surface area contributed by atoms with Gasteiger partial charge in [0, 0.05) is 0 Å². The molecule has 0 aliphatic heterocycles. The van der Waals surface area contributed by atoms with Crippen LogP contribution >= 0.6 is 0 Å². The molecule has 5 heteroatoms. The van der Waals surface area contributed by atoms with Crippen LogP contribution in [0.25, 0.3) is 0 Å². The van der Waals surface area contributed by atoms with Gasteiger partial charge < -0.3 is 19.0 Å². The quantitative estimate of drug-likeness (QED) is 0.512. The molecule has 0 aromatic rings. The van der Waals surface area contributed by atoms with Crippen molar-refractivity contribution in [3.8, 4) is 0 Å². The zero-order valence-electron chi connectivity index (χ0n) is 18.3. The molecule has 0 bridgehead atoms. The van der Waals surface area contributed by atoms with Crippen LogP contribution in [0.2, 0.25) is 16.6 Å². The average Bonchev–Trinajstić information content (AvgIpc) is 2.53. The molecule has 0 saturated heterocycles. The van der Waals surface area contributed by atoms with Gasteiger partial charge in [0.05, 0.1) is 26.9 Å². The van der Waals surface area contributed by atoms with E-state index in [1.165, 1.54) is 0 Å². The van der Waals surface area contributed by atoms with Crippen molar-refractivity contribution >= 4 is 8.32 Å². The maximum Gasteiger partial charge on any atom is 0.200 e. The Morgan fingerprint density at radius 3 is 1.65 bits per heavy atom. The summed E-state index contributed by atoms with van der Waals surface area (Å²) in [5.41, 5.74) is 0.936. The molecule has 0 heterocycles. The molecule has 1 unspecified atom stereocenters. The summed E-state index contributed by atoms with van der Waals surface area (Å²) >= 11 is 0. The summed E-state index contributed by atoms with van der Waals surface area (Å²) in [4.78, 5) is 0. The fourth-order valence-electron chi connectivity index (χ4n) is 5.00. The van der Waals surface area contributed by atoms with E-state index in [0.29, 0.717) is 29.7 Å². The average molecular weight is 385 g/mol. The smallest absolute Gasteiger partial charge is 0.200 e. The molecule has 1 rings (SSSR count). The van der Waals surface area contributed by atoms with Crippen LogP contribution in [-0.2, 0) is 13.9 Å². The Morgan fingerprint density at radius 1 is 0.923 bits per heavy atom. The van der Waals surface area contributed by atoms with Crippen molar-refractivity contribution in [1.82, 2.24) is 0 Å². The largest absolute Gasteiger partial charge is 0.500 e. The minimum Gasteiger partial charge on any atom is -0.500 e. The highest BCUT2D eigenvalue weighted by molar-refractivity contribution is 6.77. The zero-order valence-corrected chi connectivity index (χ0v) is 19.3. The zero-order chi connectivity index (χ0) is 20.1. The van der Waals surface area contributed by atoms with Crippen LogP contribution in [0.1, 0.15) is 61.3 Å². The van der Waals surface area contributed by atoms with Gasteiger partial charge in [0.1, 0.15) is 16.9 Å². The number of rotatable bonds is 10. The first-order chi connectivity index (χ1) is 12.1. The lowest BCUT2D eigenvalue weighted by molar-refractivity contribution is 0.0282. The predicted molar refractivity (Wildman–Crippen MR) is 111 cm³/mol. The third kappa shape index (κ3) is 4.37. The molecule has 0 aromatic carbocycles. The van der Waals surface area contributed by atoms with Gasteiger partial charge in [-0.15, -0.1) is 0 Å². The summed E-state index contributed by atoms with van der Waals surface area (Å²) in [6.45, 7) is 16.0. The first-order valence-corrected chi connectivity index (χ1v) is 12.0. The molecule has 0 radical (unpaired) electrons. The fourth-order valence-corrected chi connectivity index (χ4v) is 10.5. The molecule has 152 valence electrons. The van der Waals surface area contributed by atoms with Crippen molar-refractivity contribution in [3.63, 3.8) is 0 Å². The van der Waals surface area contributed by atoms with E-state index in [1.807, 2.05) is 6.92 Å². The Balaban J connectivity index is 3.35. The predicted octanol–water partition coefficient (Wildman–Crippen LogP) is 5.40. The Hall–Kier alpha value is -0.783. The molecular formula is C21H40O4Si.